The van der Waals surface area contributed by atoms with Crippen molar-refractivity contribution in [2.24, 2.45) is 0 Å². The van der Waals surface area contributed by atoms with Crippen LogP contribution in [-0.4, -0.2) is 14.9 Å². The van der Waals surface area contributed by atoms with Crippen LogP contribution in [0.15, 0.2) is 0 Å². The van der Waals surface area contributed by atoms with Crippen LogP contribution in [0.1, 0.15) is 20.8 Å². The van der Waals surface area contributed by atoms with Gasteiger partial charge in [0.15, 0.2) is 69.8 Å². The van der Waals surface area contributed by atoms with E-state index in [1.165, 1.54) is 0 Å². The number of benzene rings is 4. The van der Waals surface area contributed by atoms with E-state index in [9.17, 15) is 52.7 Å². The molecule has 0 bridgehead atoms. The predicted molar refractivity (Wildman–Crippen MR) is 182 cm³/mol. The van der Waals surface area contributed by atoms with Crippen LogP contribution in [-0.2, 0) is 17.1 Å². The van der Waals surface area contributed by atoms with Gasteiger partial charge >= 0.3 is 25.9 Å². The molecule has 2 aliphatic rings. The standard InChI is InChI=1S/C24BF20.C10H16Si.C5H5.Fe/c26-5-1(6(27)14(35)21(42)13(5)34)25(2-7(28)15(36)22(43)16(37)8(2)29,3-9(30)17(38)23(44)18(39)10(3)31)4-11(32)19(40)24(45)20(41)12(4)33;1-10(2,3)11(4)9-7-5-6-8-9;1-2-4-5-3-1;/h;5-8H,1-4H3;1-5H;/q-1;+1;;+2. The van der Waals surface area contributed by atoms with Crippen molar-refractivity contribution in [3.8, 4) is 0 Å². The van der Waals surface area contributed by atoms with Crippen molar-refractivity contribution in [2.75, 3.05) is 0 Å². The third kappa shape index (κ3) is 8.99. The van der Waals surface area contributed by atoms with Gasteiger partial charge in [-0.3, -0.25) is 0 Å². The minimum atomic E-state index is -7.22. The molecule has 4 aromatic rings. The fourth-order valence-electron chi connectivity index (χ4n) is 6.25. The van der Waals surface area contributed by atoms with E-state index < -0.39 is 144 Å². The Morgan fingerprint density at radius 1 is 0.306 bits per heavy atom. The Balaban J connectivity index is 0.000000500. The zero-order chi connectivity index (χ0) is 46.4. The van der Waals surface area contributed by atoms with E-state index >= 15 is 35.1 Å². The summed E-state index contributed by atoms with van der Waals surface area (Å²) in [6.45, 7) is 9.37. The maximum Gasteiger partial charge on any atom is 2.00 e. The molecule has 2 aliphatic carbocycles. The first-order valence-corrected chi connectivity index (χ1v) is 18.7. The summed E-state index contributed by atoms with van der Waals surface area (Å²) in [6.07, 6.45) is 11.6. The fraction of sp³-hybridized carbons (Fsp3) is 0.128. The molecule has 6 rings (SSSR count). The average Bonchev–Trinajstić information content (AvgIpc) is 3.99. The molecule has 0 atom stereocenters. The molecular weight excluding hydrogens is 943 g/mol. The van der Waals surface area contributed by atoms with Gasteiger partial charge < -0.3 is 0 Å². The molecule has 0 saturated heterocycles. The van der Waals surface area contributed by atoms with E-state index in [-0.39, 0.29) is 25.9 Å². The quantitative estimate of drug-likeness (QED) is 0.0810. The summed E-state index contributed by atoms with van der Waals surface area (Å²) in [5.41, 5.74) is -12.8. The van der Waals surface area contributed by atoms with Gasteiger partial charge in [-0.15, -0.1) is 21.9 Å². The Labute approximate surface area is 353 Å². The van der Waals surface area contributed by atoms with Crippen LogP contribution in [0, 0.1) is 180 Å². The van der Waals surface area contributed by atoms with Crippen LogP contribution in [0.2, 0.25) is 11.6 Å². The third-order valence-corrected chi connectivity index (χ3v) is 12.9. The second-order valence-corrected chi connectivity index (χ2v) is 17.1. The third-order valence-electron chi connectivity index (χ3n) is 9.48. The maximum atomic E-state index is 15.4. The fourth-order valence-corrected chi connectivity index (χ4v) is 7.81. The molecule has 4 aromatic carbocycles. The Kier molecular flexibility index (Phi) is 17.0. The van der Waals surface area contributed by atoms with Crippen LogP contribution in [0.25, 0.3) is 0 Å². The minimum Gasteiger partial charge on any atom is -0.207 e. The van der Waals surface area contributed by atoms with Gasteiger partial charge in [-0.2, -0.15) is 0 Å². The monoisotopic (exact) mass is 964 g/mol. The van der Waals surface area contributed by atoms with Crippen molar-refractivity contribution in [1.82, 2.24) is 0 Å². The molecule has 330 valence electrons. The molecule has 0 N–H and O–H groups in total. The van der Waals surface area contributed by atoms with Gasteiger partial charge in [0.05, 0.1) is 11.6 Å². The minimum absolute atomic E-state index is 0. The molecule has 62 heavy (non-hydrogen) atoms. The van der Waals surface area contributed by atoms with Gasteiger partial charge in [0.2, 0.25) is 0 Å². The van der Waals surface area contributed by atoms with Gasteiger partial charge in [-0.05, 0) is 65.7 Å². The van der Waals surface area contributed by atoms with Gasteiger partial charge in [0, 0.05) is 12.8 Å². The van der Waals surface area contributed by atoms with Gasteiger partial charge in [0.1, 0.15) is 58.2 Å². The van der Waals surface area contributed by atoms with Crippen molar-refractivity contribution in [2.45, 2.75) is 32.4 Å². The first-order valence-electron chi connectivity index (χ1n) is 16.7. The predicted octanol–water partition coefficient (Wildman–Crippen LogP) is 9.72. The second-order valence-electron chi connectivity index (χ2n) is 13.8. The van der Waals surface area contributed by atoms with Crippen molar-refractivity contribution < 1.29 is 105 Å². The topological polar surface area (TPSA) is 0 Å². The molecule has 0 aromatic heterocycles. The van der Waals surface area contributed by atoms with E-state index in [1.54, 1.807) is 5.54 Å². The molecular formula is C39H21BF20FeSi+2. The van der Waals surface area contributed by atoms with Crippen molar-refractivity contribution in [3.05, 3.63) is 180 Å². The summed E-state index contributed by atoms with van der Waals surface area (Å²) < 4.78 is 294. The Bertz CT molecular complexity index is 1930. The zero-order valence-electron chi connectivity index (χ0n) is 31.2. The van der Waals surface area contributed by atoms with E-state index in [2.05, 4.69) is 53.0 Å². The smallest absolute Gasteiger partial charge is 0.207 e. The van der Waals surface area contributed by atoms with Crippen molar-refractivity contribution in [3.63, 3.8) is 0 Å². The van der Waals surface area contributed by atoms with Crippen LogP contribution in [0.5, 0.6) is 0 Å². The molecule has 0 heterocycles. The van der Waals surface area contributed by atoms with Crippen molar-refractivity contribution in [1.29, 1.82) is 0 Å². The summed E-state index contributed by atoms with van der Waals surface area (Å²) in [6, 6.07) is 0. The van der Waals surface area contributed by atoms with Crippen LogP contribution >= 0.6 is 0 Å². The molecule has 2 fully saturated rings. The number of halogens is 20. The molecule has 0 spiro atoms. The van der Waals surface area contributed by atoms with E-state index in [1.807, 2.05) is 32.1 Å². The summed E-state index contributed by atoms with van der Waals surface area (Å²) in [4.78, 5) is 0. The van der Waals surface area contributed by atoms with Gasteiger partial charge in [-0.25, -0.2) is 87.8 Å². The Morgan fingerprint density at radius 3 is 0.629 bits per heavy atom. The first kappa shape index (κ1) is 52.6. The van der Waals surface area contributed by atoms with E-state index in [0.717, 1.165) is 0 Å². The Hall–Kier alpha value is -3.72. The first-order chi connectivity index (χ1) is 28.2. The van der Waals surface area contributed by atoms with E-state index in [4.69, 9.17) is 0 Å². The second kappa shape index (κ2) is 20.0. The number of rotatable bonds is 5. The van der Waals surface area contributed by atoms with E-state index in [0.29, 0.717) is 5.04 Å². The van der Waals surface area contributed by atoms with Crippen molar-refractivity contribution >= 4 is 36.8 Å². The molecule has 0 nitrogen and oxygen atoms in total. The molecule has 23 heteroatoms. The number of hydrogen-bond acceptors (Lipinski definition) is 0. The average molecular weight is 964 g/mol. The molecule has 2 saturated carbocycles. The van der Waals surface area contributed by atoms with Gasteiger partial charge in [0.25, 0.3) is 0 Å². The molecule has 0 aliphatic heterocycles. The van der Waals surface area contributed by atoms with Crippen LogP contribution in [0.3, 0.4) is 0 Å². The normalized spacial score (nSPS) is 14.3. The Morgan fingerprint density at radius 2 is 0.468 bits per heavy atom. The largest absolute Gasteiger partial charge is 2.00 e. The van der Waals surface area contributed by atoms with Crippen LogP contribution in [0.4, 0.5) is 87.8 Å². The molecule has 10 radical (unpaired) electrons. The molecule has 0 amide bonds. The maximum absolute atomic E-state index is 15.4. The van der Waals surface area contributed by atoms with Gasteiger partial charge in [-0.1, -0.05) is 0 Å². The van der Waals surface area contributed by atoms with Crippen LogP contribution < -0.4 is 21.9 Å². The molecule has 0 unspecified atom stereocenters. The summed E-state index contributed by atoms with van der Waals surface area (Å²) in [5.74, 6) is -71.4. The number of hydrogen-bond donors (Lipinski definition) is 0. The summed E-state index contributed by atoms with van der Waals surface area (Å²) >= 11 is 0. The zero-order valence-corrected chi connectivity index (χ0v) is 33.3. The SMILES string of the molecule is C[Si+]([C]1[CH][CH][CH][CH]1)C(C)(C)C.Fc1c(F)c(F)c([B-](c2c(F)c(F)c(F)c(F)c2F)(c2c(F)c(F)c(F)c(F)c2F)c2c(F)c(F)c(F)c(F)c2F)c(F)c1F.[CH]1[CH][CH][CH][CH]1.[Fe+2]. The summed E-state index contributed by atoms with van der Waals surface area (Å²) in [7, 11) is -0.340. The summed E-state index contributed by atoms with van der Waals surface area (Å²) in [5, 5.41) is 0.485.